The maximum Gasteiger partial charge on any atom is 0.344 e. The molecule has 0 saturated heterocycles. The first-order chi connectivity index (χ1) is 7.31. The third-order valence-corrected chi connectivity index (χ3v) is 2.21. The van der Waals surface area contributed by atoms with Gasteiger partial charge in [0.15, 0.2) is 0 Å². The van der Waals surface area contributed by atoms with Crippen LogP contribution >= 0.6 is 0 Å². The standard InChI is InChI=1S/C13H12O2/c1-2-3-7-11-9-10-6-4-5-8-12(10)13(14)15-11/h3-9H,2H2,1H3/b7-3-. The summed E-state index contributed by atoms with van der Waals surface area (Å²) in [7, 11) is 0. The van der Waals surface area contributed by atoms with Crippen LogP contribution in [0.1, 0.15) is 19.1 Å². The maximum atomic E-state index is 11.6. The van der Waals surface area contributed by atoms with Gasteiger partial charge in [-0.25, -0.2) is 4.79 Å². The van der Waals surface area contributed by atoms with Crippen LogP contribution in [0, 0.1) is 0 Å². The third-order valence-electron chi connectivity index (χ3n) is 2.21. The molecule has 2 rings (SSSR count). The van der Waals surface area contributed by atoms with E-state index in [1.807, 2.05) is 43.3 Å². The van der Waals surface area contributed by atoms with Crippen LogP contribution in [0.2, 0.25) is 0 Å². The first-order valence-electron chi connectivity index (χ1n) is 5.00. The highest BCUT2D eigenvalue weighted by molar-refractivity contribution is 5.82. The fraction of sp³-hybridized carbons (Fsp3) is 0.154. The van der Waals surface area contributed by atoms with Crippen molar-refractivity contribution in [3.05, 3.63) is 52.6 Å². The molecule has 1 heterocycles. The molecule has 0 fully saturated rings. The SMILES string of the molecule is CC/C=C\c1cc2ccccc2c(=O)o1. The lowest BCUT2D eigenvalue weighted by atomic mass is 10.1. The summed E-state index contributed by atoms with van der Waals surface area (Å²) in [6.45, 7) is 2.04. The minimum absolute atomic E-state index is 0.274. The predicted octanol–water partition coefficient (Wildman–Crippen LogP) is 3.22. The Labute approximate surface area is 87.8 Å². The molecule has 0 spiro atoms. The van der Waals surface area contributed by atoms with Gasteiger partial charge in [-0.2, -0.15) is 0 Å². The van der Waals surface area contributed by atoms with Crippen molar-refractivity contribution in [2.24, 2.45) is 0 Å². The Morgan fingerprint density at radius 3 is 2.93 bits per heavy atom. The first kappa shape index (κ1) is 9.71. The zero-order chi connectivity index (χ0) is 10.7. The van der Waals surface area contributed by atoms with Gasteiger partial charge in [-0.05, 0) is 30.0 Å². The second-order valence-corrected chi connectivity index (χ2v) is 3.33. The average molecular weight is 200 g/mol. The van der Waals surface area contributed by atoms with E-state index in [9.17, 15) is 4.79 Å². The molecule has 1 aromatic heterocycles. The van der Waals surface area contributed by atoms with Gasteiger partial charge in [0.25, 0.3) is 0 Å². The van der Waals surface area contributed by atoms with Crippen LogP contribution in [-0.2, 0) is 0 Å². The van der Waals surface area contributed by atoms with Crippen LogP contribution in [0.15, 0.2) is 45.6 Å². The Bertz CT molecular complexity index is 550. The fourth-order valence-corrected chi connectivity index (χ4v) is 1.47. The van der Waals surface area contributed by atoms with Gasteiger partial charge in [-0.3, -0.25) is 0 Å². The molecule has 0 bridgehead atoms. The van der Waals surface area contributed by atoms with Crippen LogP contribution < -0.4 is 5.63 Å². The molecule has 2 aromatic rings. The first-order valence-corrected chi connectivity index (χ1v) is 5.00. The van der Waals surface area contributed by atoms with Crippen molar-refractivity contribution in [3.8, 4) is 0 Å². The molecule has 2 nitrogen and oxygen atoms in total. The molecular formula is C13H12O2. The summed E-state index contributed by atoms with van der Waals surface area (Å²) >= 11 is 0. The number of hydrogen-bond acceptors (Lipinski definition) is 2. The van der Waals surface area contributed by atoms with Gasteiger partial charge in [0.2, 0.25) is 0 Å². The fourth-order valence-electron chi connectivity index (χ4n) is 1.47. The van der Waals surface area contributed by atoms with Crippen molar-refractivity contribution in [2.45, 2.75) is 13.3 Å². The molecule has 0 N–H and O–H groups in total. The van der Waals surface area contributed by atoms with Gasteiger partial charge in [0.1, 0.15) is 5.76 Å². The van der Waals surface area contributed by atoms with Crippen LogP contribution in [0.5, 0.6) is 0 Å². The Kier molecular flexibility index (Phi) is 2.68. The van der Waals surface area contributed by atoms with E-state index in [2.05, 4.69) is 0 Å². The Morgan fingerprint density at radius 2 is 2.13 bits per heavy atom. The normalized spacial score (nSPS) is 11.3. The molecule has 0 amide bonds. The van der Waals surface area contributed by atoms with Gasteiger partial charge in [-0.1, -0.05) is 31.2 Å². The monoisotopic (exact) mass is 200 g/mol. The van der Waals surface area contributed by atoms with E-state index >= 15 is 0 Å². The van der Waals surface area contributed by atoms with Gasteiger partial charge >= 0.3 is 5.63 Å². The minimum Gasteiger partial charge on any atom is -0.423 e. The van der Waals surface area contributed by atoms with Crippen molar-refractivity contribution >= 4 is 16.8 Å². The minimum atomic E-state index is -0.274. The molecule has 0 atom stereocenters. The molecule has 0 aliphatic rings. The van der Waals surface area contributed by atoms with Crippen molar-refractivity contribution in [2.75, 3.05) is 0 Å². The van der Waals surface area contributed by atoms with Crippen molar-refractivity contribution < 1.29 is 4.42 Å². The van der Waals surface area contributed by atoms with Crippen LogP contribution in [-0.4, -0.2) is 0 Å². The van der Waals surface area contributed by atoms with Gasteiger partial charge in [0, 0.05) is 0 Å². The molecule has 15 heavy (non-hydrogen) atoms. The van der Waals surface area contributed by atoms with Gasteiger partial charge in [0.05, 0.1) is 5.39 Å². The highest BCUT2D eigenvalue weighted by Gasteiger charge is 2.00. The summed E-state index contributed by atoms with van der Waals surface area (Å²) in [5.41, 5.74) is -0.274. The zero-order valence-electron chi connectivity index (χ0n) is 8.57. The lowest BCUT2D eigenvalue weighted by Gasteiger charge is -1.97. The highest BCUT2D eigenvalue weighted by atomic mass is 16.4. The number of hydrogen-bond donors (Lipinski definition) is 0. The summed E-state index contributed by atoms with van der Waals surface area (Å²) < 4.78 is 5.15. The van der Waals surface area contributed by atoms with E-state index in [0.717, 1.165) is 11.8 Å². The molecule has 0 saturated carbocycles. The Balaban J connectivity index is 2.62. The molecule has 0 radical (unpaired) electrons. The molecule has 2 heteroatoms. The molecule has 1 aromatic carbocycles. The van der Waals surface area contributed by atoms with Gasteiger partial charge in [-0.15, -0.1) is 0 Å². The van der Waals surface area contributed by atoms with Crippen molar-refractivity contribution in [3.63, 3.8) is 0 Å². The van der Waals surface area contributed by atoms with E-state index in [4.69, 9.17) is 4.42 Å². The number of benzene rings is 1. The largest absolute Gasteiger partial charge is 0.423 e. The van der Waals surface area contributed by atoms with E-state index in [1.54, 1.807) is 6.07 Å². The average Bonchev–Trinajstić information content (AvgIpc) is 2.26. The van der Waals surface area contributed by atoms with E-state index in [-0.39, 0.29) is 5.63 Å². The number of rotatable bonds is 2. The second kappa shape index (κ2) is 4.13. The molecule has 0 unspecified atom stereocenters. The lowest BCUT2D eigenvalue weighted by molar-refractivity contribution is 0.509. The van der Waals surface area contributed by atoms with Crippen LogP contribution in [0.4, 0.5) is 0 Å². The molecule has 0 aliphatic heterocycles. The Hall–Kier alpha value is -1.83. The lowest BCUT2D eigenvalue weighted by Crippen LogP contribution is -1.99. The zero-order valence-corrected chi connectivity index (χ0v) is 8.57. The van der Waals surface area contributed by atoms with Crippen molar-refractivity contribution in [1.82, 2.24) is 0 Å². The van der Waals surface area contributed by atoms with E-state index < -0.39 is 0 Å². The molecular weight excluding hydrogens is 188 g/mol. The van der Waals surface area contributed by atoms with Gasteiger partial charge < -0.3 is 4.42 Å². The molecule has 76 valence electrons. The van der Waals surface area contributed by atoms with E-state index in [1.165, 1.54) is 0 Å². The van der Waals surface area contributed by atoms with Crippen LogP contribution in [0.3, 0.4) is 0 Å². The number of fused-ring (bicyclic) bond motifs is 1. The third kappa shape index (κ3) is 1.99. The summed E-state index contributed by atoms with van der Waals surface area (Å²) in [4.78, 5) is 11.6. The smallest absolute Gasteiger partial charge is 0.344 e. The summed E-state index contributed by atoms with van der Waals surface area (Å²) in [5, 5.41) is 1.55. The topological polar surface area (TPSA) is 30.2 Å². The number of allylic oxidation sites excluding steroid dienone is 1. The summed E-state index contributed by atoms with van der Waals surface area (Å²) in [6, 6.07) is 9.31. The van der Waals surface area contributed by atoms with Crippen LogP contribution in [0.25, 0.3) is 16.8 Å². The quantitative estimate of drug-likeness (QED) is 0.745. The summed E-state index contributed by atoms with van der Waals surface area (Å²) in [6.07, 6.45) is 4.72. The Morgan fingerprint density at radius 1 is 1.33 bits per heavy atom. The van der Waals surface area contributed by atoms with Crippen molar-refractivity contribution in [1.29, 1.82) is 0 Å². The molecule has 0 aliphatic carbocycles. The summed E-state index contributed by atoms with van der Waals surface area (Å²) in [5.74, 6) is 0.612. The van der Waals surface area contributed by atoms with E-state index in [0.29, 0.717) is 11.1 Å². The predicted molar refractivity (Wildman–Crippen MR) is 61.8 cm³/mol. The highest BCUT2D eigenvalue weighted by Crippen LogP contribution is 2.12. The second-order valence-electron chi connectivity index (χ2n) is 3.33. The maximum absolute atomic E-state index is 11.6.